The van der Waals surface area contributed by atoms with Crippen LogP contribution < -0.4 is 9.47 Å². The Balaban J connectivity index is 1.48. The molecule has 0 saturated carbocycles. The second-order valence-corrected chi connectivity index (χ2v) is 8.66. The summed E-state index contributed by atoms with van der Waals surface area (Å²) >= 11 is 0. The van der Waals surface area contributed by atoms with Gasteiger partial charge in [0.2, 0.25) is 0 Å². The van der Waals surface area contributed by atoms with Gasteiger partial charge in [0, 0.05) is 23.5 Å². The Bertz CT molecular complexity index is 943. The van der Waals surface area contributed by atoms with Crippen LogP contribution in [0.15, 0.2) is 60.9 Å². The van der Waals surface area contributed by atoms with Gasteiger partial charge in [0.1, 0.15) is 24.3 Å². The summed E-state index contributed by atoms with van der Waals surface area (Å²) in [4.78, 5) is 9.05. The van der Waals surface area contributed by atoms with Crippen molar-refractivity contribution in [1.82, 2.24) is 9.97 Å². The number of unbranched alkanes of at least 4 members (excludes halogenated alkanes) is 5. The molecule has 5 heteroatoms. The molecule has 1 aromatic heterocycles. The Kier molecular flexibility index (Phi) is 10.8. The van der Waals surface area contributed by atoms with Gasteiger partial charge in [-0.2, -0.15) is 0 Å². The smallest absolute Gasteiger partial charge is 0.159 e. The minimum atomic E-state index is -0.917. The van der Waals surface area contributed by atoms with Gasteiger partial charge in [-0.15, -0.1) is 0 Å². The van der Waals surface area contributed by atoms with Crippen molar-refractivity contribution in [3.63, 3.8) is 0 Å². The van der Waals surface area contributed by atoms with Gasteiger partial charge in [0.05, 0.1) is 6.61 Å². The highest BCUT2D eigenvalue weighted by Crippen LogP contribution is 2.24. The average molecular weight is 465 g/mol. The van der Waals surface area contributed by atoms with Crippen LogP contribution in [-0.4, -0.2) is 29.4 Å². The lowest BCUT2D eigenvalue weighted by Crippen LogP contribution is -2.12. The molecule has 0 bridgehead atoms. The molecule has 34 heavy (non-hydrogen) atoms. The van der Waals surface area contributed by atoms with Gasteiger partial charge in [-0.3, -0.25) is 0 Å². The first-order chi connectivity index (χ1) is 16.7. The Morgan fingerprint density at radius 2 is 1.26 bits per heavy atom. The van der Waals surface area contributed by atoms with Crippen LogP contribution in [0.5, 0.6) is 11.5 Å². The SMILES string of the molecule is CCCCCCCC(F)COc1ccc(-c2cnc(-c3ccc(OCCCC)cc3)nc2)cc1. The maximum Gasteiger partial charge on any atom is 0.159 e. The van der Waals surface area contributed by atoms with Crippen LogP contribution in [0.1, 0.15) is 65.2 Å². The lowest BCUT2D eigenvalue weighted by atomic mass is 10.1. The van der Waals surface area contributed by atoms with Crippen molar-refractivity contribution in [3.05, 3.63) is 60.9 Å². The van der Waals surface area contributed by atoms with E-state index in [2.05, 4.69) is 23.8 Å². The third kappa shape index (κ3) is 8.44. The minimum Gasteiger partial charge on any atom is -0.494 e. The van der Waals surface area contributed by atoms with E-state index < -0.39 is 6.17 Å². The van der Waals surface area contributed by atoms with E-state index in [0.717, 1.165) is 54.7 Å². The predicted octanol–water partition coefficient (Wildman–Crippen LogP) is 8.07. The molecule has 0 N–H and O–H groups in total. The number of alkyl halides is 1. The van der Waals surface area contributed by atoms with Gasteiger partial charge < -0.3 is 9.47 Å². The normalized spacial score (nSPS) is 11.9. The van der Waals surface area contributed by atoms with Gasteiger partial charge in [-0.25, -0.2) is 14.4 Å². The van der Waals surface area contributed by atoms with Crippen LogP contribution in [0, 0.1) is 0 Å². The van der Waals surface area contributed by atoms with Crippen LogP contribution in [-0.2, 0) is 0 Å². The summed E-state index contributed by atoms with van der Waals surface area (Å²) in [7, 11) is 0. The molecular weight excluding hydrogens is 427 g/mol. The standard InChI is InChI=1S/C29H37FN2O2/c1-3-5-7-8-9-10-26(30)22-34-28-15-11-23(12-16-28)25-20-31-29(32-21-25)24-13-17-27(18-14-24)33-19-6-4-2/h11-18,20-21,26H,3-10,19,22H2,1-2H3. The molecule has 0 amide bonds. The highest BCUT2D eigenvalue weighted by Gasteiger charge is 2.08. The number of hydrogen-bond donors (Lipinski definition) is 0. The maximum absolute atomic E-state index is 14.1. The molecule has 3 rings (SSSR count). The lowest BCUT2D eigenvalue weighted by Gasteiger charge is -2.11. The molecule has 1 heterocycles. The zero-order valence-corrected chi connectivity index (χ0v) is 20.5. The van der Waals surface area contributed by atoms with Gasteiger partial charge in [-0.1, -0.05) is 64.5 Å². The largest absolute Gasteiger partial charge is 0.494 e. The maximum atomic E-state index is 14.1. The molecule has 1 atom stereocenters. The molecule has 3 aromatic rings. The van der Waals surface area contributed by atoms with Crippen molar-refractivity contribution in [3.8, 4) is 34.0 Å². The molecule has 0 aliphatic heterocycles. The van der Waals surface area contributed by atoms with Crippen LogP contribution in [0.25, 0.3) is 22.5 Å². The van der Waals surface area contributed by atoms with E-state index in [1.165, 1.54) is 19.3 Å². The van der Waals surface area contributed by atoms with E-state index in [1.54, 1.807) is 0 Å². The molecule has 0 saturated heterocycles. The van der Waals surface area contributed by atoms with Crippen LogP contribution in [0.3, 0.4) is 0 Å². The third-order valence-electron chi connectivity index (χ3n) is 5.77. The third-order valence-corrected chi connectivity index (χ3v) is 5.77. The number of halogens is 1. The number of hydrogen-bond acceptors (Lipinski definition) is 4. The number of nitrogens with zero attached hydrogens (tertiary/aromatic N) is 2. The second kappa shape index (κ2) is 14.3. The number of ether oxygens (including phenoxy) is 2. The average Bonchev–Trinajstić information content (AvgIpc) is 2.88. The van der Waals surface area contributed by atoms with Crippen LogP contribution >= 0.6 is 0 Å². The summed E-state index contributed by atoms with van der Waals surface area (Å²) in [5, 5.41) is 0. The quantitative estimate of drug-likeness (QED) is 0.213. The monoisotopic (exact) mass is 464 g/mol. The van der Waals surface area contributed by atoms with Crippen molar-refractivity contribution in [2.24, 2.45) is 0 Å². The second-order valence-electron chi connectivity index (χ2n) is 8.66. The highest BCUT2D eigenvalue weighted by molar-refractivity contribution is 5.64. The fraction of sp³-hybridized carbons (Fsp3) is 0.448. The van der Waals surface area contributed by atoms with E-state index in [0.29, 0.717) is 18.0 Å². The van der Waals surface area contributed by atoms with E-state index in [-0.39, 0.29) is 6.61 Å². The molecule has 0 fully saturated rings. The van der Waals surface area contributed by atoms with E-state index in [4.69, 9.17) is 9.47 Å². The topological polar surface area (TPSA) is 44.2 Å². The Morgan fingerprint density at radius 1 is 0.676 bits per heavy atom. The molecule has 1 unspecified atom stereocenters. The number of rotatable bonds is 15. The first kappa shape index (κ1) is 25.7. The summed E-state index contributed by atoms with van der Waals surface area (Å²) in [6, 6.07) is 15.5. The van der Waals surface area contributed by atoms with Gasteiger partial charge >= 0.3 is 0 Å². The summed E-state index contributed by atoms with van der Waals surface area (Å²) in [5.41, 5.74) is 2.86. The van der Waals surface area contributed by atoms with Crippen molar-refractivity contribution in [2.45, 2.75) is 71.4 Å². The van der Waals surface area contributed by atoms with Crippen molar-refractivity contribution in [2.75, 3.05) is 13.2 Å². The first-order valence-electron chi connectivity index (χ1n) is 12.6. The zero-order valence-electron chi connectivity index (χ0n) is 20.5. The van der Waals surface area contributed by atoms with Crippen LogP contribution in [0.2, 0.25) is 0 Å². The molecule has 0 radical (unpaired) electrons. The molecule has 0 spiro atoms. The van der Waals surface area contributed by atoms with E-state index >= 15 is 0 Å². The fourth-order valence-electron chi connectivity index (χ4n) is 3.64. The summed E-state index contributed by atoms with van der Waals surface area (Å²) < 4.78 is 25.4. The molecule has 0 aliphatic carbocycles. The summed E-state index contributed by atoms with van der Waals surface area (Å²) in [6.45, 7) is 5.17. The van der Waals surface area contributed by atoms with Crippen molar-refractivity contribution in [1.29, 1.82) is 0 Å². The minimum absolute atomic E-state index is 0.105. The lowest BCUT2D eigenvalue weighted by molar-refractivity contribution is 0.184. The Hall–Kier alpha value is -2.95. The molecule has 182 valence electrons. The van der Waals surface area contributed by atoms with Crippen molar-refractivity contribution < 1.29 is 13.9 Å². The predicted molar refractivity (Wildman–Crippen MR) is 137 cm³/mol. The van der Waals surface area contributed by atoms with E-state index in [9.17, 15) is 4.39 Å². The summed E-state index contributed by atoms with van der Waals surface area (Å²) in [5.74, 6) is 2.21. The number of benzene rings is 2. The molecular formula is C29H37FN2O2. The summed E-state index contributed by atoms with van der Waals surface area (Å²) in [6.07, 6.45) is 11.1. The fourth-order valence-corrected chi connectivity index (χ4v) is 3.64. The van der Waals surface area contributed by atoms with E-state index in [1.807, 2.05) is 60.9 Å². The molecule has 2 aromatic carbocycles. The van der Waals surface area contributed by atoms with Gasteiger partial charge in [-0.05, 0) is 54.8 Å². The molecule has 4 nitrogen and oxygen atoms in total. The van der Waals surface area contributed by atoms with Gasteiger partial charge in [0.25, 0.3) is 0 Å². The first-order valence-corrected chi connectivity index (χ1v) is 12.6. The zero-order chi connectivity index (χ0) is 24.0. The Labute approximate surface area is 203 Å². The number of aromatic nitrogens is 2. The van der Waals surface area contributed by atoms with Gasteiger partial charge in [0.15, 0.2) is 5.82 Å². The Morgan fingerprint density at radius 3 is 1.91 bits per heavy atom. The molecule has 0 aliphatic rings. The van der Waals surface area contributed by atoms with Crippen molar-refractivity contribution >= 4 is 0 Å². The van der Waals surface area contributed by atoms with Crippen LogP contribution in [0.4, 0.5) is 4.39 Å². The highest BCUT2D eigenvalue weighted by atomic mass is 19.1.